The van der Waals surface area contributed by atoms with E-state index in [-0.39, 0.29) is 16.9 Å². The van der Waals surface area contributed by atoms with E-state index in [2.05, 4.69) is 15.4 Å². The lowest BCUT2D eigenvalue weighted by Gasteiger charge is -2.12. The molecular weight excluding hydrogens is 395 g/mol. The summed E-state index contributed by atoms with van der Waals surface area (Å²) in [5, 5.41) is 6.59. The van der Waals surface area contributed by atoms with Gasteiger partial charge in [-0.15, -0.1) is 0 Å². The molecule has 3 heterocycles. The molecule has 0 aliphatic carbocycles. The number of likely N-dealkylation sites (tertiary alicyclic amines) is 1. The van der Waals surface area contributed by atoms with Crippen LogP contribution in [0.1, 0.15) is 35.3 Å². The lowest BCUT2D eigenvalue weighted by Crippen LogP contribution is -3.10. The van der Waals surface area contributed by atoms with Gasteiger partial charge in [-0.25, -0.2) is 9.50 Å². The van der Waals surface area contributed by atoms with Crippen LogP contribution in [0.5, 0.6) is 0 Å². The van der Waals surface area contributed by atoms with Gasteiger partial charge in [0, 0.05) is 31.4 Å². The second kappa shape index (κ2) is 8.43. The molecule has 30 heavy (non-hydrogen) atoms. The van der Waals surface area contributed by atoms with Crippen LogP contribution in [0, 0.1) is 0 Å². The summed E-state index contributed by atoms with van der Waals surface area (Å²) in [5.41, 5.74) is -0.365. The van der Waals surface area contributed by atoms with E-state index in [4.69, 9.17) is 0 Å². The number of aromatic nitrogens is 3. The van der Waals surface area contributed by atoms with Gasteiger partial charge in [-0.05, 0) is 6.07 Å². The Morgan fingerprint density at radius 1 is 1.17 bits per heavy atom. The molecule has 0 saturated carbocycles. The molecule has 0 bridgehead atoms. The average molecular weight is 418 g/mol. The van der Waals surface area contributed by atoms with Crippen molar-refractivity contribution in [2.75, 3.05) is 26.2 Å². The molecule has 0 radical (unpaired) electrons. The number of quaternary nitrogens is 1. The molecular formula is C21H23F3N5O+. The molecule has 4 rings (SSSR count). The fourth-order valence-corrected chi connectivity index (χ4v) is 3.84. The maximum atomic E-state index is 13.6. The Bertz CT molecular complexity index is 1030. The number of hydrogen-bond donors (Lipinski definition) is 2. The van der Waals surface area contributed by atoms with Crippen LogP contribution in [0.15, 0.2) is 42.6 Å². The number of nitrogens with zero attached hydrogens (tertiary/aromatic N) is 3. The molecule has 0 unspecified atom stereocenters. The zero-order chi connectivity index (χ0) is 21.1. The zero-order valence-corrected chi connectivity index (χ0v) is 16.4. The third-order valence-electron chi connectivity index (χ3n) is 5.38. The summed E-state index contributed by atoms with van der Waals surface area (Å²) < 4.78 is 41.6. The van der Waals surface area contributed by atoms with Gasteiger partial charge in [-0.1, -0.05) is 30.3 Å². The first-order chi connectivity index (χ1) is 14.4. The molecule has 2 aromatic heterocycles. The van der Waals surface area contributed by atoms with Crippen LogP contribution in [0.4, 0.5) is 13.2 Å². The van der Waals surface area contributed by atoms with Crippen molar-refractivity contribution in [1.82, 2.24) is 19.9 Å². The quantitative estimate of drug-likeness (QED) is 0.604. The third kappa shape index (κ3) is 4.30. The van der Waals surface area contributed by atoms with Crippen molar-refractivity contribution < 1.29 is 22.9 Å². The van der Waals surface area contributed by atoms with E-state index in [1.807, 2.05) is 0 Å². The van der Waals surface area contributed by atoms with E-state index in [1.54, 1.807) is 30.3 Å². The number of amides is 1. The standard InChI is InChI=1S/C21H22F3N5O/c22-21(23,24)18-13-17(15-7-2-1-3-8-15)27-19-16(14-26-29(18)19)20(30)25-9-6-12-28-10-4-5-11-28/h1-3,7-8,13-14H,4-6,9-12H2,(H,25,30)/p+1. The van der Waals surface area contributed by atoms with Crippen molar-refractivity contribution in [3.8, 4) is 11.3 Å². The predicted octanol–water partition coefficient (Wildman–Crippen LogP) is 2.21. The number of benzene rings is 1. The molecule has 9 heteroatoms. The highest BCUT2D eigenvalue weighted by atomic mass is 19.4. The Kier molecular flexibility index (Phi) is 5.72. The fraction of sp³-hybridized carbons (Fsp3) is 0.381. The molecule has 0 spiro atoms. The molecule has 1 aliphatic heterocycles. The van der Waals surface area contributed by atoms with Crippen molar-refractivity contribution in [3.63, 3.8) is 0 Å². The Hall–Kier alpha value is -2.94. The summed E-state index contributed by atoms with van der Waals surface area (Å²) in [6.45, 7) is 3.76. The number of nitrogens with one attached hydrogen (secondary N) is 2. The second-order valence-corrected chi connectivity index (χ2v) is 7.50. The van der Waals surface area contributed by atoms with Crippen LogP contribution < -0.4 is 10.2 Å². The van der Waals surface area contributed by atoms with Crippen molar-refractivity contribution in [2.45, 2.75) is 25.4 Å². The van der Waals surface area contributed by atoms with E-state index in [9.17, 15) is 18.0 Å². The Morgan fingerprint density at radius 3 is 2.60 bits per heavy atom. The fourth-order valence-electron chi connectivity index (χ4n) is 3.84. The average Bonchev–Trinajstić information content (AvgIpc) is 3.40. The van der Waals surface area contributed by atoms with E-state index >= 15 is 0 Å². The highest BCUT2D eigenvalue weighted by Gasteiger charge is 2.36. The number of fused-ring (bicyclic) bond motifs is 1. The summed E-state index contributed by atoms with van der Waals surface area (Å²) in [7, 11) is 0. The van der Waals surface area contributed by atoms with E-state index in [0.29, 0.717) is 16.6 Å². The number of rotatable bonds is 6. The molecule has 0 atom stereocenters. The van der Waals surface area contributed by atoms with Gasteiger partial charge < -0.3 is 10.2 Å². The summed E-state index contributed by atoms with van der Waals surface area (Å²) in [6.07, 6.45) is -0.199. The van der Waals surface area contributed by atoms with Crippen LogP contribution in [-0.4, -0.2) is 46.7 Å². The normalized spacial score (nSPS) is 15.0. The molecule has 6 nitrogen and oxygen atoms in total. The summed E-state index contributed by atoms with van der Waals surface area (Å²) in [5.74, 6) is -0.466. The number of alkyl halides is 3. The van der Waals surface area contributed by atoms with Crippen molar-refractivity contribution in [3.05, 3.63) is 53.9 Å². The van der Waals surface area contributed by atoms with Crippen LogP contribution in [-0.2, 0) is 6.18 Å². The summed E-state index contributed by atoms with van der Waals surface area (Å²) in [6, 6.07) is 9.53. The molecule has 158 valence electrons. The van der Waals surface area contributed by atoms with Gasteiger partial charge in [0.15, 0.2) is 11.3 Å². The van der Waals surface area contributed by atoms with Crippen LogP contribution in [0.2, 0.25) is 0 Å². The Morgan fingerprint density at radius 2 is 1.90 bits per heavy atom. The first-order valence-corrected chi connectivity index (χ1v) is 10.1. The summed E-state index contributed by atoms with van der Waals surface area (Å²) >= 11 is 0. The van der Waals surface area contributed by atoms with Gasteiger partial charge in [0.25, 0.3) is 5.91 Å². The minimum atomic E-state index is -4.64. The topological polar surface area (TPSA) is 63.7 Å². The molecule has 1 fully saturated rings. The van der Waals surface area contributed by atoms with Crippen LogP contribution in [0.25, 0.3) is 16.9 Å². The highest BCUT2D eigenvalue weighted by Crippen LogP contribution is 2.32. The monoisotopic (exact) mass is 418 g/mol. The van der Waals surface area contributed by atoms with Gasteiger partial charge in [0.2, 0.25) is 0 Å². The molecule has 3 aromatic rings. The summed E-state index contributed by atoms with van der Waals surface area (Å²) in [4.78, 5) is 18.5. The van der Waals surface area contributed by atoms with E-state index in [1.165, 1.54) is 17.7 Å². The molecule has 2 N–H and O–H groups in total. The maximum Gasteiger partial charge on any atom is 0.433 e. The van der Waals surface area contributed by atoms with Gasteiger partial charge in [-0.3, -0.25) is 4.79 Å². The number of carbonyl (C=O) groups excluding carboxylic acids is 1. The van der Waals surface area contributed by atoms with Crippen molar-refractivity contribution in [2.24, 2.45) is 0 Å². The molecule has 1 aromatic carbocycles. The molecule has 1 saturated heterocycles. The smallest absolute Gasteiger partial charge is 0.352 e. The van der Waals surface area contributed by atoms with Crippen molar-refractivity contribution >= 4 is 11.6 Å². The Labute approximate surface area is 171 Å². The lowest BCUT2D eigenvalue weighted by molar-refractivity contribution is -0.887. The minimum absolute atomic E-state index is 0.0341. The van der Waals surface area contributed by atoms with Crippen LogP contribution >= 0.6 is 0 Å². The first-order valence-electron chi connectivity index (χ1n) is 10.1. The Balaban J connectivity index is 1.59. The largest absolute Gasteiger partial charge is 0.433 e. The zero-order valence-electron chi connectivity index (χ0n) is 16.4. The SMILES string of the molecule is O=C(NCCC[NH+]1CCCC1)c1cnn2c(C(F)(F)F)cc(-c3ccccc3)nc12. The third-order valence-corrected chi connectivity index (χ3v) is 5.38. The second-order valence-electron chi connectivity index (χ2n) is 7.50. The number of hydrogen-bond acceptors (Lipinski definition) is 3. The van der Waals surface area contributed by atoms with Crippen LogP contribution in [0.3, 0.4) is 0 Å². The van der Waals surface area contributed by atoms with Gasteiger partial charge in [-0.2, -0.15) is 18.3 Å². The number of carbonyl (C=O) groups is 1. The molecule has 1 aliphatic rings. The van der Waals surface area contributed by atoms with Crippen molar-refractivity contribution in [1.29, 1.82) is 0 Å². The highest BCUT2D eigenvalue weighted by molar-refractivity contribution is 5.99. The predicted molar refractivity (Wildman–Crippen MR) is 105 cm³/mol. The number of halogens is 3. The minimum Gasteiger partial charge on any atom is -0.352 e. The van der Waals surface area contributed by atoms with E-state index in [0.717, 1.165) is 38.3 Å². The molecule has 1 amide bonds. The maximum absolute atomic E-state index is 13.6. The van der Waals surface area contributed by atoms with Gasteiger partial charge in [0.05, 0.1) is 31.5 Å². The lowest BCUT2D eigenvalue weighted by atomic mass is 10.1. The van der Waals surface area contributed by atoms with Gasteiger partial charge in [0.1, 0.15) is 5.56 Å². The van der Waals surface area contributed by atoms with Gasteiger partial charge >= 0.3 is 6.18 Å². The van der Waals surface area contributed by atoms with E-state index < -0.39 is 17.8 Å². The first kappa shape index (κ1) is 20.3.